The summed E-state index contributed by atoms with van der Waals surface area (Å²) in [6.45, 7) is 4.90. The zero-order chi connectivity index (χ0) is 13.7. The van der Waals surface area contributed by atoms with Crippen LogP contribution in [0.2, 0.25) is 5.02 Å². The van der Waals surface area contributed by atoms with Gasteiger partial charge >= 0.3 is 0 Å². The van der Waals surface area contributed by atoms with Crippen molar-refractivity contribution in [3.8, 4) is 5.75 Å². The lowest BCUT2D eigenvalue weighted by Crippen LogP contribution is -2.38. The smallest absolute Gasteiger partial charge is 0.131 e. The van der Waals surface area contributed by atoms with Crippen LogP contribution in [0.3, 0.4) is 0 Å². The topological polar surface area (TPSA) is 47.7 Å². The second-order valence-corrected chi connectivity index (χ2v) is 5.18. The molecule has 1 aromatic rings. The average Bonchev–Trinajstić information content (AvgIpc) is 2.39. The van der Waals surface area contributed by atoms with Crippen LogP contribution in [0.15, 0.2) is 18.2 Å². The molecule has 0 saturated carbocycles. The molecule has 6 heteroatoms. The highest BCUT2D eigenvalue weighted by Gasteiger charge is 2.11. The van der Waals surface area contributed by atoms with E-state index in [2.05, 4.69) is 4.90 Å². The van der Waals surface area contributed by atoms with E-state index in [1.54, 1.807) is 18.2 Å². The summed E-state index contributed by atoms with van der Waals surface area (Å²) in [5.41, 5.74) is 6.38. The third-order valence-electron chi connectivity index (χ3n) is 2.98. The predicted molar refractivity (Wildman–Crippen MR) is 80.1 cm³/mol. The molecule has 1 fully saturated rings. The van der Waals surface area contributed by atoms with Crippen LogP contribution in [0, 0.1) is 0 Å². The normalized spacial score (nSPS) is 16.3. The molecule has 0 radical (unpaired) electrons. The van der Waals surface area contributed by atoms with E-state index in [-0.39, 0.29) is 0 Å². The van der Waals surface area contributed by atoms with E-state index in [1.165, 1.54) is 0 Å². The number of ether oxygens (including phenoxy) is 2. The fourth-order valence-corrected chi connectivity index (χ4v) is 2.26. The molecule has 0 bridgehead atoms. The van der Waals surface area contributed by atoms with Crippen molar-refractivity contribution in [1.29, 1.82) is 0 Å². The van der Waals surface area contributed by atoms with Crippen LogP contribution in [0.25, 0.3) is 0 Å². The van der Waals surface area contributed by atoms with Gasteiger partial charge < -0.3 is 15.2 Å². The predicted octanol–water partition coefficient (Wildman–Crippen LogP) is 1.69. The standard InChI is InChI=1S/C13H17ClN2O2S/c14-10-1-2-11(13(15)19)12(9-10)18-8-5-16-3-6-17-7-4-16/h1-2,9H,3-8H2,(H2,15,19). The molecule has 1 aliphatic rings. The summed E-state index contributed by atoms with van der Waals surface area (Å²) in [5.74, 6) is 0.647. The Kier molecular flexibility index (Phi) is 5.39. The van der Waals surface area contributed by atoms with Gasteiger partial charge in [0.1, 0.15) is 17.3 Å². The monoisotopic (exact) mass is 300 g/mol. The lowest BCUT2D eigenvalue weighted by atomic mass is 10.2. The zero-order valence-electron chi connectivity index (χ0n) is 10.6. The minimum Gasteiger partial charge on any atom is -0.491 e. The number of morpholine rings is 1. The van der Waals surface area contributed by atoms with E-state index in [4.69, 9.17) is 39.0 Å². The number of thiocarbonyl (C=S) groups is 1. The largest absolute Gasteiger partial charge is 0.491 e. The summed E-state index contributed by atoms with van der Waals surface area (Å²) >= 11 is 11.0. The van der Waals surface area contributed by atoms with E-state index in [9.17, 15) is 0 Å². The molecule has 1 aliphatic heterocycles. The summed E-state index contributed by atoms with van der Waals surface area (Å²) in [7, 11) is 0. The first-order valence-corrected chi connectivity index (χ1v) is 6.97. The molecule has 2 N–H and O–H groups in total. The van der Waals surface area contributed by atoms with Crippen LogP contribution < -0.4 is 10.5 Å². The van der Waals surface area contributed by atoms with Crippen LogP contribution in [0.1, 0.15) is 5.56 Å². The van der Waals surface area contributed by atoms with Crippen molar-refractivity contribution in [3.63, 3.8) is 0 Å². The molecule has 0 amide bonds. The third-order valence-corrected chi connectivity index (χ3v) is 3.43. The van der Waals surface area contributed by atoms with Crippen molar-refractivity contribution in [2.45, 2.75) is 0 Å². The van der Waals surface area contributed by atoms with Gasteiger partial charge in [0, 0.05) is 24.7 Å². The number of nitrogens with two attached hydrogens (primary N) is 1. The Morgan fingerprint density at radius 2 is 2.16 bits per heavy atom. The number of nitrogens with zero attached hydrogens (tertiary/aromatic N) is 1. The molecule has 0 spiro atoms. The maximum atomic E-state index is 5.96. The maximum Gasteiger partial charge on any atom is 0.131 e. The van der Waals surface area contributed by atoms with Crippen molar-refractivity contribution < 1.29 is 9.47 Å². The van der Waals surface area contributed by atoms with Crippen LogP contribution in [-0.2, 0) is 4.74 Å². The van der Waals surface area contributed by atoms with E-state index >= 15 is 0 Å². The number of benzene rings is 1. The molecule has 19 heavy (non-hydrogen) atoms. The van der Waals surface area contributed by atoms with Crippen LogP contribution in [-0.4, -0.2) is 49.3 Å². The molecule has 1 saturated heterocycles. The Labute approximate surface area is 123 Å². The maximum absolute atomic E-state index is 5.96. The van der Waals surface area contributed by atoms with Gasteiger partial charge in [-0.3, -0.25) is 4.90 Å². The van der Waals surface area contributed by atoms with Gasteiger partial charge in [0.25, 0.3) is 0 Å². The van der Waals surface area contributed by atoms with E-state index in [0.29, 0.717) is 22.4 Å². The molecular formula is C13H17ClN2O2S. The molecule has 0 aliphatic carbocycles. The number of rotatable bonds is 5. The molecule has 0 atom stereocenters. The molecule has 2 rings (SSSR count). The summed E-state index contributed by atoms with van der Waals surface area (Å²) < 4.78 is 11.0. The highest BCUT2D eigenvalue weighted by molar-refractivity contribution is 7.80. The van der Waals surface area contributed by atoms with Gasteiger partial charge in [0.05, 0.1) is 18.8 Å². The first kappa shape index (κ1) is 14.5. The van der Waals surface area contributed by atoms with Crippen molar-refractivity contribution in [3.05, 3.63) is 28.8 Å². The Bertz CT molecular complexity index is 450. The fraction of sp³-hybridized carbons (Fsp3) is 0.462. The molecule has 104 valence electrons. The molecule has 1 heterocycles. The quantitative estimate of drug-likeness (QED) is 0.839. The van der Waals surface area contributed by atoms with Crippen molar-refractivity contribution in [1.82, 2.24) is 4.90 Å². The van der Waals surface area contributed by atoms with Crippen molar-refractivity contribution in [2.24, 2.45) is 5.73 Å². The minimum absolute atomic E-state index is 0.318. The van der Waals surface area contributed by atoms with Gasteiger partial charge in [-0.25, -0.2) is 0 Å². The molecule has 0 aromatic heterocycles. The van der Waals surface area contributed by atoms with Gasteiger partial charge in [-0.05, 0) is 18.2 Å². The molecule has 1 aromatic carbocycles. The highest BCUT2D eigenvalue weighted by atomic mass is 35.5. The van der Waals surface area contributed by atoms with Gasteiger partial charge in [-0.2, -0.15) is 0 Å². The van der Waals surface area contributed by atoms with Gasteiger partial charge in [-0.1, -0.05) is 23.8 Å². The van der Waals surface area contributed by atoms with Crippen molar-refractivity contribution >= 4 is 28.8 Å². The molecular weight excluding hydrogens is 284 g/mol. The third kappa shape index (κ3) is 4.31. The van der Waals surface area contributed by atoms with Gasteiger partial charge in [-0.15, -0.1) is 0 Å². The molecule has 0 unspecified atom stereocenters. The van der Waals surface area contributed by atoms with Crippen LogP contribution in [0.4, 0.5) is 0 Å². The van der Waals surface area contributed by atoms with E-state index in [1.807, 2.05) is 0 Å². The number of halogens is 1. The Morgan fingerprint density at radius 1 is 1.42 bits per heavy atom. The summed E-state index contributed by atoms with van der Waals surface area (Å²) in [6, 6.07) is 5.29. The zero-order valence-corrected chi connectivity index (χ0v) is 12.2. The lowest BCUT2D eigenvalue weighted by molar-refractivity contribution is 0.0322. The van der Waals surface area contributed by atoms with Gasteiger partial charge in [0.2, 0.25) is 0 Å². The first-order valence-electron chi connectivity index (χ1n) is 6.19. The summed E-state index contributed by atoms with van der Waals surface area (Å²) in [6.07, 6.45) is 0. The summed E-state index contributed by atoms with van der Waals surface area (Å²) in [4.78, 5) is 2.62. The SMILES string of the molecule is NC(=S)c1ccc(Cl)cc1OCCN1CCOCC1. The average molecular weight is 301 g/mol. The first-order chi connectivity index (χ1) is 9.16. The minimum atomic E-state index is 0.318. The lowest BCUT2D eigenvalue weighted by Gasteiger charge is -2.26. The second-order valence-electron chi connectivity index (χ2n) is 4.31. The van der Waals surface area contributed by atoms with Crippen molar-refractivity contribution in [2.75, 3.05) is 39.5 Å². The Hall–Kier alpha value is -0.880. The van der Waals surface area contributed by atoms with Gasteiger partial charge in [0.15, 0.2) is 0 Å². The van der Waals surface area contributed by atoms with E-state index in [0.717, 1.165) is 38.4 Å². The Morgan fingerprint density at radius 3 is 2.84 bits per heavy atom. The fourth-order valence-electron chi connectivity index (χ4n) is 1.93. The highest BCUT2D eigenvalue weighted by Crippen LogP contribution is 2.23. The van der Waals surface area contributed by atoms with Crippen LogP contribution >= 0.6 is 23.8 Å². The summed E-state index contributed by atoms with van der Waals surface area (Å²) in [5, 5.41) is 0.612. The number of hydrogen-bond acceptors (Lipinski definition) is 4. The Balaban J connectivity index is 1.91. The second kappa shape index (κ2) is 7.05. The number of hydrogen-bond donors (Lipinski definition) is 1. The van der Waals surface area contributed by atoms with E-state index < -0.39 is 0 Å². The van der Waals surface area contributed by atoms with Crippen LogP contribution in [0.5, 0.6) is 5.75 Å². The molecule has 4 nitrogen and oxygen atoms in total.